The second-order valence-electron chi connectivity index (χ2n) is 5.42. The Balaban J connectivity index is 1.67. The van der Waals surface area contributed by atoms with Crippen molar-refractivity contribution in [2.24, 2.45) is 5.92 Å². The fraction of sp³-hybridized carbons (Fsp3) is 0.533. The van der Waals surface area contributed by atoms with Crippen molar-refractivity contribution in [1.29, 1.82) is 0 Å². The number of aldehydes is 1. The molecule has 114 valence electrons. The highest BCUT2D eigenvalue weighted by Crippen LogP contribution is 2.14. The van der Waals surface area contributed by atoms with Gasteiger partial charge in [-0.1, -0.05) is 12.1 Å². The molecule has 6 heteroatoms. The molecule has 0 aliphatic carbocycles. The van der Waals surface area contributed by atoms with Crippen molar-refractivity contribution in [2.75, 3.05) is 26.2 Å². The third kappa shape index (κ3) is 4.91. The largest absolute Gasteiger partial charge is 0.311 e. The number of carbonyl (C=O) groups is 1. The Morgan fingerprint density at radius 3 is 2.81 bits per heavy atom. The number of benzene rings is 1. The van der Waals surface area contributed by atoms with Crippen LogP contribution >= 0.6 is 0 Å². The number of nitro groups is 1. The molecule has 1 saturated heterocycles. The van der Waals surface area contributed by atoms with E-state index in [1.54, 1.807) is 12.1 Å². The van der Waals surface area contributed by atoms with Crippen LogP contribution in [-0.4, -0.2) is 42.3 Å². The summed E-state index contributed by atoms with van der Waals surface area (Å²) in [5, 5.41) is 14.0. The second-order valence-corrected chi connectivity index (χ2v) is 5.42. The van der Waals surface area contributed by atoms with Gasteiger partial charge in [0.2, 0.25) is 0 Å². The number of hydrogen-bond acceptors (Lipinski definition) is 5. The van der Waals surface area contributed by atoms with Crippen LogP contribution in [0.25, 0.3) is 0 Å². The van der Waals surface area contributed by atoms with Gasteiger partial charge in [-0.25, -0.2) is 0 Å². The van der Waals surface area contributed by atoms with E-state index >= 15 is 0 Å². The Bertz CT molecular complexity index is 485. The van der Waals surface area contributed by atoms with Gasteiger partial charge in [-0.3, -0.25) is 10.1 Å². The monoisotopic (exact) mass is 291 g/mol. The minimum atomic E-state index is -0.374. The highest BCUT2D eigenvalue weighted by molar-refractivity contribution is 5.53. The topological polar surface area (TPSA) is 75.5 Å². The summed E-state index contributed by atoms with van der Waals surface area (Å²) in [5.41, 5.74) is 1.05. The highest BCUT2D eigenvalue weighted by atomic mass is 16.6. The zero-order valence-corrected chi connectivity index (χ0v) is 12.0. The van der Waals surface area contributed by atoms with Crippen molar-refractivity contribution in [3.8, 4) is 0 Å². The number of hydrogen-bond donors (Lipinski definition) is 1. The maximum Gasteiger partial charge on any atom is 0.269 e. The number of nitrogens with one attached hydrogen (secondary N) is 1. The first-order chi connectivity index (χ1) is 10.2. The number of nitrogens with zero attached hydrogens (tertiary/aromatic N) is 2. The minimum Gasteiger partial charge on any atom is -0.311 e. The predicted molar refractivity (Wildman–Crippen MR) is 80.0 cm³/mol. The minimum absolute atomic E-state index is 0.130. The maximum atomic E-state index is 10.7. The van der Waals surface area contributed by atoms with E-state index in [0.717, 1.165) is 50.9 Å². The van der Waals surface area contributed by atoms with E-state index in [-0.39, 0.29) is 16.5 Å². The molecule has 0 atom stereocenters. The fourth-order valence-electron chi connectivity index (χ4n) is 2.56. The van der Waals surface area contributed by atoms with E-state index in [1.807, 2.05) is 6.07 Å². The zero-order chi connectivity index (χ0) is 15.1. The standard InChI is InChI=1S/C15H21N3O3/c19-12-13-4-7-17(8-5-13)9-6-16-11-14-2-1-3-15(10-14)18(20)21/h1-3,10,12-13,16H,4-9,11H2. The van der Waals surface area contributed by atoms with E-state index in [9.17, 15) is 14.9 Å². The maximum absolute atomic E-state index is 10.7. The molecule has 0 bridgehead atoms. The van der Waals surface area contributed by atoms with Crippen LogP contribution in [0.3, 0.4) is 0 Å². The summed E-state index contributed by atoms with van der Waals surface area (Å²) in [5.74, 6) is 0.235. The second kappa shape index (κ2) is 7.85. The fourth-order valence-corrected chi connectivity index (χ4v) is 2.56. The lowest BCUT2D eigenvalue weighted by Crippen LogP contribution is -2.38. The first kappa shape index (κ1) is 15.6. The molecule has 6 nitrogen and oxygen atoms in total. The molecule has 0 saturated carbocycles. The van der Waals surface area contributed by atoms with Gasteiger partial charge < -0.3 is 15.0 Å². The van der Waals surface area contributed by atoms with Crippen molar-refractivity contribution in [1.82, 2.24) is 10.2 Å². The summed E-state index contributed by atoms with van der Waals surface area (Å²) in [7, 11) is 0. The predicted octanol–water partition coefficient (Wildman–Crippen LogP) is 1.60. The van der Waals surface area contributed by atoms with Gasteiger partial charge in [0.25, 0.3) is 5.69 Å². The number of non-ortho nitro benzene ring substituents is 1. The molecule has 0 aromatic heterocycles. The van der Waals surface area contributed by atoms with Crippen molar-refractivity contribution >= 4 is 12.0 Å². The molecule has 1 aliphatic heterocycles. The lowest BCUT2D eigenvalue weighted by Gasteiger charge is -2.29. The number of nitro benzene ring substituents is 1. The van der Waals surface area contributed by atoms with Gasteiger partial charge in [0.05, 0.1) is 4.92 Å². The van der Waals surface area contributed by atoms with Gasteiger partial charge in [-0.05, 0) is 31.5 Å². The van der Waals surface area contributed by atoms with Crippen molar-refractivity contribution in [2.45, 2.75) is 19.4 Å². The van der Waals surface area contributed by atoms with Crippen molar-refractivity contribution in [3.63, 3.8) is 0 Å². The van der Waals surface area contributed by atoms with Gasteiger partial charge in [-0.2, -0.15) is 0 Å². The summed E-state index contributed by atoms with van der Waals surface area (Å²) in [6, 6.07) is 6.69. The first-order valence-electron chi connectivity index (χ1n) is 7.30. The van der Waals surface area contributed by atoms with E-state index in [1.165, 1.54) is 6.07 Å². The molecule has 0 unspecified atom stereocenters. The first-order valence-corrected chi connectivity index (χ1v) is 7.30. The highest BCUT2D eigenvalue weighted by Gasteiger charge is 2.17. The Hall–Kier alpha value is -1.79. The summed E-state index contributed by atoms with van der Waals surface area (Å²) in [4.78, 5) is 23.3. The van der Waals surface area contributed by atoms with E-state index in [2.05, 4.69) is 10.2 Å². The van der Waals surface area contributed by atoms with Crippen molar-refractivity contribution < 1.29 is 9.72 Å². The number of likely N-dealkylation sites (tertiary alicyclic amines) is 1. The van der Waals surface area contributed by atoms with Crippen LogP contribution in [0.2, 0.25) is 0 Å². The number of piperidine rings is 1. The third-order valence-electron chi connectivity index (χ3n) is 3.88. The normalized spacial score (nSPS) is 16.8. The average Bonchev–Trinajstić information content (AvgIpc) is 2.52. The molecule has 1 N–H and O–H groups in total. The number of rotatable bonds is 7. The molecule has 0 spiro atoms. The van der Waals surface area contributed by atoms with Gasteiger partial charge in [0, 0.05) is 37.7 Å². The average molecular weight is 291 g/mol. The lowest BCUT2D eigenvalue weighted by molar-refractivity contribution is -0.384. The molecule has 1 heterocycles. The molecular formula is C15H21N3O3. The van der Waals surface area contributed by atoms with Gasteiger partial charge in [0.15, 0.2) is 0 Å². The summed E-state index contributed by atoms with van der Waals surface area (Å²) >= 11 is 0. The van der Waals surface area contributed by atoms with Crippen LogP contribution in [0.5, 0.6) is 0 Å². The molecule has 1 aromatic carbocycles. The molecule has 1 fully saturated rings. The van der Waals surface area contributed by atoms with E-state index in [4.69, 9.17) is 0 Å². The Labute approximate surface area is 124 Å². The smallest absolute Gasteiger partial charge is 0.269 e. The van der Waals surface area contributed by atoms with Gasteiger partial charge >= 0.3 is 0 Å². The molecule has 0 amide bonds. The van der Waals surface area contributed by atoms with Crippen LogP contribution in [0.1, 0.15) is 18.4 Å². The Morgan fingerprint density at radius 2 is 2.14 bits per heavy atom. The van der Waals surface area contributed by atoms with Crippen molar-refractivity contribution in [3.05, 3.63) is 39.9 Å². The molecular weight excluding hydrogens is 270 g/mol. The van der Waals surface area contributed by atoms with Gasteiger partial charge in [-0.15, -0.1) is 0 Å². The zero-order valence-electron chi connectivity index (χ0n) is 12.0. The molecule has 1 aliphatic rings. The quantitative estimate of drug-likeness (QED) is 0.357. The van der Waals surface area contributed by atoms with Crippen LogP contribution < -0.4 is 5.32 Å². The Kier molecular flexibility index (Phi) is 5.83. The SMILES string of the molecule is O=CC1CCN(CCNCc2cccc([N+](=O)[O-])c2)CC1. The van der Waals surface area contributed by atoms with Gasteiger partial charge in [0.1, 0.15) is 6.29 Å². The molecule has 1 aromatic rings. The Morgan fingerprint density at radius 1 is 1.38 bits per heavy atom. The summed E-state index contributed by atoms with van der Waals surface area (Å²) in [6.45, 7) is 4.37. The molecule has 0 radical (unpaired) electrons. The summed E-state index contributed by atoms with van der Waals surface area (Å²) < 4.78 is 0. The van der Waals surface area contributed by atoms with Crippen LogP contribution in [-0.2, 0) is 11.3 Å². The van der Waals surface area contributed by atoms with Crippen LogP contribution in [0, 0.1) is 16.0 Å². The van der Waals surface area contributed by atoms with E-state index in [0.29, 0.717) is 6.54 Å². The molecule has 21 heavy (non-hydrogen) atoms. The van der Waals surface area contributed by atoms with Crippen LogP contribution in [0.15, 0.2) is 24.3 Å². The van der Waals surface area contributed by atoms with E-state index < -0.39 is 0 Å². The lowest BCUT2D eigenvalue weighted by atomic mass is 9.99. The third-order valence-corrected chi connectivity index (χ3v) is 3.88. The number of carbonyl (C=O) groups excluding carboxylic acids is 1. The van der Waals surface area contributed by atoms with Crippen LogP contribution in [0.4, 0.5) is 5.69 Å². The molecule has 2 rings (SSSR count). The summed E-state index contributed by atoms with van der Waals surface area (Å²) in [6.07, 6.45) is 2.97.